The quantitative estimate of drug-likeness (QED) is 0.205. The Kier molecular flexibility index (Phi) is 6.85. The second-order valence-electron chi connectivity index (χ2n) is 7.10. The Hall–Kier alpha value is -3.82. The smallest absolute Gasteiger partial charge is 0.343 e. The fourth-order valence-electron chi connectivity index (χ4n) is 3.14. The van der Waals surface area contributed by atoms with Crippen molar-refractivity contribution >= 4 is 27.3 Å². The second kappa shape index (κ2) is 9.98. The lowest BCUT2D eigenvalue weighted by molar-refractivity contribution is 0.0734. The number of ether oxygens (including phenoxy) is 1. The maximum Gasteiger partial charge on any atom is 0.343 e. The average molecular weight is 495 g/mol. The number of nitrogens with zero attached hydrogens (tertiary/aromatic N) is 2. The molecule has 1 heterocycles. The second-order valence-corrected chi connectivity index (χ2v) is 9.54. The number of carbonyl (C=O) groups excluding carboxylic acids is 1. The fraction of sp³-hybridized carbons (Fsp3) is 0.0400. The third kappa shape index (κ3) is 5.22. The van der Waals surface area contributed by atoms with Gasteiger partial charge in [-0.05, 0) is 66.2 Å². The molecule has 0 amide bonds. The van der Waals surface area contributed by atoms with Crippen molar-refractivity contribution < 1.29 is 22.3 Å². The van der Waals surface area contributed by atoms with Gasteiger partial charge in [-0.2, -0.15) is 8.42 Å². The number of rotatable bonds is 7. The topological polar surface area (TPSA) is 77.7 Å². The molecule has 0 saturated heterocycles. The molecule has 0 radical (unpaired) electrons. The number of hydrogen-bond acceptors (Lipinski definition) is 5. The van der Waals surface area contributed by atoms with E-state index in [0.717, 1.165) is 34.7 Å². The largest absolute Gasteiger partial charge is 0.423 e. The van der Waals surface area contributed by atoms with E-state index in [9.17, 15) is 17.6 Å². The highest BCUT2D eigenvalue weighted by Gasteiger charge is 2.15. The van der Waals surface area contributed by atoms with E-state index in [0.29, 0.717) is 17.9 Å². The maximum absolute atomic E-state index is 13.2. The van der Waals surface area contributed by atoms with Crippen LogP contribution in [0.2, 0.25) is 0 Å². The molecule has 0 bridgehead atoms. The van der Waals surface area contributed by atoms with E-state index in [1.54, 1.807) is 64.6 Å². The molecule has 6 nitrogen and oxygen atoms in total. The van der Waals surface area contributed by atoms with Crippen LogP contribution in [-0.2, 0) is 16.6 Å². The van der Waals surface area contributed by atoms with Crippen LogP contribution in [0.25, 0.3) is 11.3 Å². The van der Waals surface area contributed by atoms with E-state index < -0.39 is 21.8 Å². The fourth-order valence-corrected chi connectivity index (χ4v) is 5.27. The van der Waals surface area contributed by atoms with Gasteiger partial charge in [0.15, 0.2) is 0 Å². The number of carbonyl (C=O) groups is 1. The number of aromatic nitrogens is 1. The lowest BCUT2D eigenvalue weighted by atomic mass is 10.1. The van der Waals surface area contributed by atoms with E-state index in [-0.39, 0.29) is 9.70 Å². The van der Waals surface area contributed by atoms with Crippen LogP contribution in [0.3, 0.4) is 0 Å². The van der Waals surface area contributed by atoms with Crippen LogP contribution in [0.1, 0.15) is 10.4 Å². The van der Waals surface area contributed by atoms with Crippen LogP contribution in [0.5, 0.6) is 5.75 Å². The Morgan fingerprint density at radius 3 is 2.35 bits per heavy atom. The Labute approximate surface area is 200 Å². The van der Waals surface area contributed by atoms with Gasteiger partial charge in [-0.25, -0.2) is 9.18 Å². The Balaban J connectivity index is 1.64. The number of esters is 1. The summed E-state index contributed by atoms with van der Waals surface area (Å²) in [5.74, 6) is -0.610. The van der Waals surface area contributed by atoms with Gasteiger partial charge < -0.3 is 9.30 Å². The number of benzene rings is 3. The van der Waals surface area contributed by atoms with Gasteiger partial charge in [-0.15, -0.1) is 22.3 Å². The molecule has 0 spiro atoms. The summed E-state index contributed by atoms with van der Waals surface area (Å²) in [6, 6.07) is 20.1. The van der Waals surface area contributed by atoms with Crippen molar-refractivity contribution in [1.82, 2.24) is 4.57 Å². The number of hydrogen-bond donors (Lipinski definition) is 0. The van der Waals surface area contributed by atoms with Gasteiger partial charge in [-0.1, -0.05) is 24.3 Å². The third-order valence-corrected chi connectivity index (χ3v) is 7.05. The molecule has 0 fully saturated rings. The first-order valence-electron chi connectivity index (χ1n) is 10.1. The molecule has 0 N–H and O–H groups in total. The van der Waals surface area contributed by atoms with Gasteiger partial charge in [0.1, 0.15) is 11.6 Å². The third-order valence-electron chi connectivity index (χ3n) is 4.79. The number of halogens is 1. The SMILES string of the molecule is C=CCn1c(-c2ccc(OC(=O)c3ccccc3)cc2)cs/c1=N/S(=O)(=O)c1ccc(F)cc1. The first-order valence-corrected chi connectivity index (χ1v) is 12.4. The summed E-state index contributed by atoms with van der Waals surface area (Å²) in [7, 11) is -4.03. The van der Waals surface area contributed by atoms with Crippen molar-refractivity contribution in [2.45, 2.75) is 11.4 Å². The monoisotopic (exact) mass is 494 g/mol. The first kappa shape index (κ1) is 23.3. The minimum absolute atomic E-state index is 0.0985. The minimum Gasteiger partial charge on any atom is -0.423 e. The number of sulfonamides is 1. The molecule has 0 atom stereocenters. The summed E-state index contributed by atoms with van der Waals surface area (Å²) in [5, 5.41) is 1.79. The highest BCUT2D eigenvalue weighted by atomic mass is 32.2. The molecule has 34 heavy (non-hydrogen) atoms. The van der Waals surface area contributed by atoms with Crippen molar-refractivity contribution in [2.24, 2.45) is 4.40 Å². The van der Waals surface area contributed by atoms with Crippen LogP contribution < -0.4 is 9.54 Å². The summed E-state index contributed by atoms with van der Waals surface area (Å²) in [6.07, 6.45) is 1.63. The molecule has 4 aromatic rings. The molecule has 3 aromatic carbocycles. The van der Waals surface area contributed by atoms with Crippen molar-refractivity contribution in [1.29, 1.82) is 0 Å². The van der Waals surface area contributed by atoms with Crippen molar-refractivity contribution in [3.05, 3.63) is 113 Å². The molecule has 4 rings (SSSR count). The molecule has 0 unspecified atom stereocenters. The lowest BCUT2D eigenvalue weighted by Crippen LogP contribution is -2.17. The zero-order valence-electron chi connectivity index (χ0n) is 17.8. The van der Waals surface area contributed by atoms with Crippen molar-refractivity contribution in [3.63, 3.8) is 0 Å². The van der Waals surface area contributed by atoms with Gasteiger partial charge in [0.05, 0.1) is 16.2 Å². The van der Waals surface area contributed by atoms with Crippen LogP contribution in [0.4, 0.5) is 4.39 Å². The van der Waals surface area contributed by atoms with Crippen LogP contribution in [-0.4, -0.2) is 19.0 Å². The minimum atomic E-state index is -4.03. The summed E-state index contributed by atoms with van der Waals surface area (Å²) < 4.78 is 49.7. The summed E-state index contributed by atoms with van der Waals surface area (Å²) in [5.41, 5.74) is 1.94. The Morgan fingerprint density at radius 2 is 1.71 bits per heavy atom. The van der Waals surface area contributed by atoms with Crippen LogP contribution >= 0.6 is 11.3 Å². The number of allylic oxidation sites excluding steroid dienone is 1. The molecule has 1 aromatic heterocycles. The average Bonchev–Trinajstić information content (AvgIpc) is 3.22. The van der Waals surface area contributed by atoms with Crippen molar-refractivity contribution in [2.75, 3.05) is 0 Å². The Bertz CT molecular complexity index is 1490. The number of thiazole rings is 1. The molecule has 0 aliphatic carbocycles. The van der Waals surface area contributed by atoms with Gasteiger partial charge in [-0.3, -0.25) is 0 Å². The van der Waals surface area contributed by atoms with Gasteiger partial charge in [0.25, 0.3) is 10.0 Å². The summed E-state index contributed by atoms with van der Waals surface area (Å²) in [6.45, 7) is 4.07. The van der Waals surface area contributed by atoms with E-state index in [2.05, 4.69) is 11.0 Å². The van der Waals surface area contributed by atoms with Gasteiger partial charge in [0.2, 0.25) is 4.80 Å². The molecule has 0 aliphatic rings. The predicted octanol–water partition coefficient (Wildman–Crippen LogP) is 5.05. The molecule has 172 valence electrons. The molecule has 0 saturated carbocycles. The van der Waals surface area contributed by atoms with Gasteiger partial charge in [0, 0.05) is 11.9 Å². The van der Waals surface area contributed by atoms with E-state index in [4.69, 9.17) is 4.74 Å². The van der Waals surface area contributed by atoms with E-state index in [1.165, 1.54) is 12.1 Å². The standard InChI is InChI=1S/C25H19FN2O4S2/c1-2-16-28-23(17-33-25(28)27-34(30,31)22-14-10-20(26)11-15-22)18-8-12-21(13-9-18)32-24(29)19-6-4-3-5-7-19/h2-15,17H,1,16H2/b27-25+. The zero-order valence-corrected chi connectivity index (χ0v) is 19.4. The van der Waals surface area contributed by atoms with Crippen molar-refractivity contribution in [3.8, 4) is 17.0 Å². The molecular weight excluding hydrogens is 475 g/mol. The predicted molar refractivity (Wildman–Crippen MR) is 128 cm³/mol. The zero-order chi connectivity index (χ0) is 24.1. The van der Waals surface area contributed by atoms with E-state index >= 15 is 0 Å². The summed E-state index contributed by atoms with van der Waals surface area (Å²) >= 11 is 1.16. The Morgan fingerprint density at radius 1 is 1.03 bits per heavy atom. The molecular formula is C25H19FN2O4S2. The highest BCUT2D eigenvalue weighted by Crippen LogP contribution is 2.24. The highest BCUT2D eigenvalue weighted by molar-refractivity contribution is 7.90. The first-order chi connectivity index (χ1) is 16.4. The maximum atomic E-state index is 13.2. The van der Waals surface area contributed by atoms with Gasteiger partial charge >= 0.3 is 5.97 Å². The summed E-state index contributed by atoms with van der Waals surface area (Å²) in [4.78, 5) is 12.4. The normalized spacial score (nSPS) is 11.9. The molecule has 9 heteroatoms. The lowest BCUT2D eigenvalue weighted by Gasteiger charge is -2.08. The van der Waals surface area contributed by atoms with E-state index in [1.807, 2.05) is 6.07 Å². The van der Waals surface area contributed by atoms with Crippen LogP contribution in [0, 0.1) is 5.82 Å². The van der Waals surface area contributed by atoms with Crippen LogP contribution in [0.15, 0.2) is 106 Å². The molecule has 0 aliphatic heterocycles.